The predicted octanol–water partition coefficient (Wildman–Crippen LogP) is 3.93. The molecule has 1 amide bonds. The molecule has 4 aromatic rings. The minimum Gasteiger partial charge on any atom is -0.348 e. The van der Waals surface area contributed by atoms with E-state index in [2.05, 4.69) is 16.5 Å². The third-order valence-electron chi connectivity index (χ3n) is 6.80. The monoisotopic (exact) mass is 562 g/mol. The average molecular weight is 563 g/mol. The fourth-order valence-electron chi connectivity index (χ4n) is 4.25. The summed E-state index contributed by atoms with van der Waals surface area (Å²) in [5.74, 6) is -0.794. The van der Waals surface area contributed by atoms with Crippen LogP contribution in [0.1, 0.15) is 34.8 Å². The molecule has 4 rings (SSSR count). The summed E-state index contributed by atoms with van der Waals surface area (Å²) >= 11 is 0. The topological polar surface area (TPSA) is 111 Å². The molecule has 208 valence electrons. The lowest BCUT2D eigenvalue weighted by Crippen LogP contribution is -2.36. The maximum atomic E-state index is 13.4. The second kappa shape index (κ2) is 12.0. The van der Waals surface area contributed by atoms with Gasteiger partial charge in [-0.25, -0.2) is 17.5 Å². The van der Waals surface area contributed by atoms with Gasteiger partial charge < -0.3 is 10.2 Å². The van der Waals surface area contributed by atoms with E-state index in [0.717, 1.165) is 6.54 Å². The van der Waals surface area contributed by atoms with Crippen LogP contribution >= 0.6 is 0 Å². The first-order valence-corrected chi connectivity index (χ1v) is 14.1. The van der Waals surface area contributed by atoms with Gasteiger partial charge in [0.15, 0.2) is 0 Å². The number of halogens is 1. The van der Waals surface area contributed by atoms with Crippen molar-refractivity contribution in [2.45, 2.75) is 30.8 Å². The van der Waals surface area contributed by atoms with Crippen molar-refractivity contribution >= 4 is 26.8 Å². The second-order valence-corrected chi connectivity index (χ2v) is 11.9. The minimum absolute atomic E-state index is 0.151. The summed E-state index contributed by atoms with van der Waals surface area (Å²) in [6.07, 6.45) is 2.24. The van der Waals surface area contributed by atoms with E-state index in [0.29, 0.717) is 28.6 Å². The van der Waals surface area contributed by atoms with Gasteiger partial charge in [0.05, 0.1) is 39.5 Å². The lowest BCUT2D eigenvalue weighted by Gasteiger charge is -2.25. The Hall–Kier alpha value is -4.11. The van der Waals surface area contributed by atoms with E-state index >= 15 is 0 Å². The third-order valence-corrected chi connectivity index (χ3v) is 8.79. The molecule has 9 nitrogen and oxygen atoms in total. The third kappa shape index (κ3) is 6.20. The molecule has 1 heterocycles. The molecule has 0 fully saturated rings. The molecule has 0 bridgehead atoms. The maximum Gasteiger partial charge on any atom is 0.252 e. The number of nitrogens with zero attached hydrogens (tertiary/aromatic N) is 5. The van der Waals surface area contributed by atoms with E-state index in [1.807, 2.05) is 25.9 Å². The van der Waals surface area contributed by atoms with Crippen molar-refractivity contribution in [2.24, 2.45) is 0 Å². The maximum absolute atomic E-state index is 13.4. The molecule has 0 spiro atoms. The van der Waals surface area contributed by atoms with Gasteiger partial charge in [-0.2, -0.15) is 14.7 Å². The first-order chi connectivity index (χ1) is 19.0. The van der Waals surface area contributed by atoms with Crippen LogP contribution in [0.25, 0.3) is 16.6 Å². The van der Waals surface area contributed by atoms with Gasteiger partial charge in [-0.1, -0.05) is 12.1 Å². The van der Waals surface area contributed by atoms with Crippen LogP contribution in [0, 0.1) is 17.1 Å². The van der Waals surface area contributed by atoms with Crippen LogP contribution in [-0.2, 0) is 16.6 Å². The summed E-state index contributed by atoms with van der Waals surface area (Å²) in [6.45, 7) is 2.81. The van der Waals surface area contributed by atoms with E-state index in [9.17, 15) is 22.9 Å². The molecule has 0 radical (unpaired) electrons. The van der Waals surface area contributed by atoms with Crippen molar-refractivity contribution in [1.29, 1.82) is 5.26 Å². The molecule has 0 saturated heterocycles. The Morgan fingerprint density at radius 1 is 1.10 bits per heavy atom. The van der Waals surface area contributed by atoms with Crippen LogP contribution in [0.15, 0.2) is 71.8 Å². The SMILES string of the molecule is CC(CCN(C)C)N(C)S(=O)(=O)c1ccc(CNC(=O)c2cc(C#N)cc3c2cnn3-c2ccc(F)cc2)cc1. The Balaban J connectivity index is 1.50. The molecule has 1 atom stereocenters. The first-order valence-electron chi connectivity index (χ1n) is 12.7. The number of hydrogen-bond acceptors (Lipinski definition) is 6. The van der Waals surface area contributed by atoms with Crippen molar-refractivity contribution in [3.8, 4) is 11.8 Å². The van der Waals surface area contributed by atoms with Crippen molar-refractivity contribution in [3.05, 3.63) is 89.4 Å². The number of nitriles is 1. The molecular formula is C29H31FN6O3S. The number of amides is 1. The van der Waals surface area contributed by atoms with Crippen molar-refractivity contribution in [1.82, 2.24) is 24.3 Å². The van der Waals surface area contributed by atoms with Gasteiger partial charge >= 0.3 is 0 Å². The predicted molar refractivity (Wildman–Crippen MR) is 151 cm³/mol. The number of rotatable bonds is 10. The Morgan fingerprint density at radius 2 is 1.77 bits per heavy atom. The summed E-state index contributed by atoms with van der Waals surface area (Å²) < 4.78 is 42.5. The molecule has 11 heteroatoms. The van der Waals surface area contributed by atoms with Crippen LogP contribution in [0.2, 0.25) is 0 Å². The van der Waals surface area contributed by atoms with Gasteiger partial charge in [-0.3, -0.25) is 4.79 Å². The van der Waals surface area contributed by atoms with Crippen LogP contribution in [0.4, 0.5) is 4.39 Å². The highest BCUT2D eigenvalue weighted by atomic mass is 32.2. The Kier molecular flexibility index (Phi) is 8.64. The molecule has 0 aliphatic carbocycles. The van der Waals surface area contributed by atoms with Crippen molar-refractivity contribution in [3.63, 3.8) is 0 Å². The highest BCUT2D eigenvalue weighted by Gasteiger charge is 2.25. The summed E-state index contributed by atoms with van der Waals surface area (Å²) in [4.78, 5) is 15.4. The normalized spacial score (nSPS) is 12.6. The average Bonchev–Trinajstić information content (AvgIpc) is 3.38. The Bertz CT molecular complexity index is 1660. The van der Waals surface area contributed by atoms with E-state index in [1.165, 1.54) is 40.8 Å². The quantitative estimate of drug-likeness (QED) is 0.314. The molecule has 0 aliphatic rings. The van der Waals surface area contributed by atoms with Gasteiger partial charge in [-0.15, -0.1) is 0 Å². The van der Waals surface area contributed by atoms with E-state index in [1.54, 1.807) is 42.1 Å². The number of nitrogens with one attached hydrogen (secondary N) is 1. The fraction of sp³-hybridized carbons (Fsp3) is 0.276. The molecule has 1 N–H and O–H groups in total. The second-order valence-electron chi connectivity index (χ2n) is 9.89. The number of fused-ring (bicyclic) bond motifs is 1. The summed E-state index contributed by atoms with van der Waals surface area (Å²) in [5, 5.41) is 17.3. The lowest BCUT2D eigenvalue weighted by molar-refractivity contribution is 0.0952. The lowest BCUT2D eigenvalue weighted by atomic mass is 10.1. The molecule has 3 aromatic carbocycles. The van der Waals surface area contributed by atoms with Crippen LogP contribution in [0.3, 0.4) is 0 Å². The fourth-order valence-corrected chi connectivity index (χ4v) is 5.65. The van der Waals surface area contributed by atoms with Crippen molar-refractivity contribution < 1.29 is 17.6 Å². The number of hydrogen-bond donors (Lipinski definition) is 1. The first kappa shape index (κ1) is 28.9. The van der Waals surface area contributed by atoms with Gasteiger partial charge in [0.25, 0.3) is 5.91 Å². The van der Waals surface area contributed by atoms with Crippen LogP contribution in [-0.4, -0.2) is 67.0 Å². The molecular weight excluding hydrogens is 531 g/mol. The van der Waals surface area contributed by atoms with E-state index < -0.39 is 15.9 Å². The smallest absolute Gasteiger partial charge is 0.252 e. The zero-order chi connectivity index (χ0) is 29.0. The van der Waals surface area contributed by atoms with Crippen LogP contribution < -0.4 is 5.32 Å². The van der Waals surface area contributed by atoms with Gasteiger partial charge in [0, 0.05) is 25.0 Å². The molecule has 40 heavy (non-hydrogen) atoms. The highest BCUT2D eigenvalue weighted by molar-refractivity contribution is 7.89. The van der Waals surface area contributed by atoms with E-state index in [-0.39, 0.29) is 34.4 Å². The molecule has 1 aromatic heterocycles. The number of benzene rings is 3. The molecule has 0 aliphatic heterocycles. The van der Waals surface area contributed by atoms with E-state index in [4.69, 9.17) is 0 Å². The highest BCUT2D eigenvalue weighted by Crippen LogP contribution is 2.24. The zero-order valence-corrected chi connectivity index (χ0v) is 23.6. The Morgan fingerprint density at radius 3 is 2.40 bits per heavy atom. The van der Waals surface area contributed by atoms with Gasteiger partial charge in [0.2, 0.25) is 10.0 Å². The number of aromatic nitrogens is 2. The summed E-state index contributed by atoms with van der Waals surface area (Å²) in [5.41, 5.74) is 2.39. The molecule has 0 saturated carbocycles. The molecule has 1 unspecified atom stereocenters. The van der Waals surface area contributed by atoms with Gasteiger partial charge in [0.1, 0.15) is 5.82 Å². The van der Waals surface area contributed by atoms with Crippen LogP contribution in [0.5, 0.6) is 0 Å². The minimum atomic E-state index is -3.67. The summed E-state index contributed by atoms with van der Waals surface area (Å²) in [7, 11) is 1.81. The number of carbonyl (C=O) groups excluding carboxylic acids is 1. The van der Waals surface area contributed by atoms with Crippen molar-refractivity contribution in [2.75, 3.05) is 27.7 Å². The summed E-state index contributed by atoms with van der Waals surface area (Å²) in [6, 6.07) is 17.2. The number of sulfonamides is 1. The Labute approximate surface area is 233 Å². The standard InChI is InChI=1S/C29H31FN6O3S/c1-20(13-14-34(2)3)35(4)40(38,39)25-11-5-21(6-12-25)18-32-29(37)26-15-22(17-31)16-28-27(26)19-33-36(28)24-9-7-23(30)8-10-24/h5-12,15-16,19-20H,13-14,18H2,1-4H3,(H,32,37). The zero-order valence-electron chi connectivity index (χ0n) is 22.8. The van der Waals surface area contributed by atoms with Gasteiger partial charge in [-0.05, 0) is 88.1 Å². The largest absolute Gasteiger partial charge is 0.348 e. The number of carbonyl (C=O) groups is 1.